The number of halogens is 1. The molecule has 1 N–H and O–H groups in total. The van der Waals surface area contributed by atoms with E-state index >= 15 is 0 Å². The lowest BCUT2D eigenvalue weighted by Crippen LogP contribution is -1.84. The largest absolute Gasteiger partial charge is 0.505 e. The molecule has 10 heavy (non-hydrogen) atoms. The van der Waals surface area contributed by atoms with E-state index in [1.54, 1.807) is 0 Å². The summed E-state index contributed by atoms with van der Waals surface area (Å²) in [6.07, 6.45) is 0. The fraction of sp³-hybridized carbons (Fsp3) is 0.143. The van der Waals surface area contributed by atoms with Crippen molar-refractivity contribution in [3.8, 4) is 5.75 Å². The first-order valence-corrected chi connectivity index (χ1v) is 2.80. The molecule has 53 valence electrons. The summed E-state index contributed by atoms with van der Waals surface area (Å²) in [6, 6.07) is 3.89. The Morgan fingerprint density at radius 3 is 2.70 bits per heavy atom. The standard InChI is InChI=1S/C7H6FO2/c8-6-3-1-2-5(4-9)7(6)10/h1-3,10H,4H2. The molecule has 0 spiro atoms. The maximum Gasteiger partial charge on any atom is 0.165 e. The Bertz CT molecular complexity index is 235. The summed E-state index contributed by atoms with van der Waals surface area (Å²) in [5.41, 5.74) is 0.0972. The van der Waals surface area contributed by atoms with Gasteiger partial charge in [0.15, 0.2) is 11.6 Å². The van der Waals surface area contributed by atoms with E-state index in [1.807, 2.05) is 0 Å². The van der Waals surface area contributed by atoms with E-state index in [4.69, 9.17) is 5.11 Å². The van der Waals surface area contributed by atoms with Gasteiger partial charge in [-0.2, -0.15) is 0 Å². The van der Waals surface area contributed by atoms with Gasteiger partial charge in [-0.15, -0.1) is 0 Å². The number of rotatable bonds is 1. The van der Waals surface area contributed by atoms with Crippen LogP contribution in [0.5, 0.6) is 5.75 Å². The van der Waals surface area contributed by atoms with Gasteiger partial charge in [0.1, 0.15) is 6.61 Å². The predicted molar refractivity (Wildman–Crippen MR) is 32.5 cm³/mol. The van der Waals surface area contributed by atoms with Gasteiger partial charge in [0.25, 0.3) is 0 Å². The van der Waals surface area contributed by atoms with Crippen LogP contribution in [0.25, 0.3) is 0 Å². The quantitative estimate of drug-likeness (QED) is 0.631. The molecule has 1 aromatic rings. The zero-order valence-corrected chi connectivity index (χ0v) is 5.17. The van der Waals surface area contributed by atoms with Crippen LogP contribution in [0.3, 0.4) is 0 Å². The van der Waals surface area contributed by atoms with Gasteiger partial charge in [-0.3, -0.25) is 0 Å². The van der Waals surface area contributed by atoms with Crippen molar-refractivity contribution in [1.29, 1.82) is 0 Å². The van der Waals surface area contributed by atoms with Gasteiger partial charge in [-0.05, 0) is 6.07 Å². The molecule has 1 rings (SSSR count). The van der Waals surface area contributed by atoms with Crippen molar-refractivity contribution in [1.82, 2.24) is 0 Å². The summed E-state index contributed by atoms with van der Waals surface area (Å²) in [4.78, 5) is 0. The molecule has 0 fully saturated rings. The fourth-order valence-electron chi connectivity index (χ4n) is 0.676. The molecule has 0 aliphatic heterocycles. The lowest BCUT2D eigenvalue weighted by Gasteiger charge is -1.98. The van der Waals surface area contributed by atoms with Gasteiger partial charge in [-0.1, -0.05) is 12.1 Å². The second-order valence-corrected chi connectivity index (χ2v) is 1.89. The summed E-state index contributed by atoms with van der Waals surface area (Å²) in [7, 11) is 0. The van der Waals surface area contributed by atoms with E-state index < -0.39 is 18.2 Å². The van der Waals surface area contributed by atoms with Gasteiger partial charge in [0.2, 0.25) is 0 Å². The number of phenols is 1. The highest BCUT2D eigenvalue weighted by atomic mass is 19.1. The summed E-state index contributed by atoms with van der Waals surface area (Å²) in [5, 5.41) is 19.0. The lowest BCUT2D eigenvalue weighted by molar-refractivity contribution is 0.173. The number of hydrogen-bond acceptors (Lipinski definition) is 1. The van der Waals surface area contributed by atoms with E-state index in [1.165, 1.54) is 12.1 Å². The summed E-state index contributed by atoms with van der Waals surface area (Å²) >= 11 is 0. The molecular formula is C7H6FO2. The third-order valence-corrected chi connectivity index (χ3v) is 1.23. The molecule has 0 unspecified atom stereocenters. The van der Waals surface area contributed by atoms with Gasteiger partial charge in [0, 0.05) is 5.56 Å². The molecule has 0 aliphatic rings. The number of phenolic OH excluding ortho intramolecular Hbond substituents is 1. The van der Waals surface area contributed by atoms with Gasteiger partial charge in [0.05, 0.1) is 0 Å². The smallest absolute Gasteiger partial charge is 0.165 e. The van der Waals surface area contributed by atoms with Crippen LogP contribution >= 0.6 is 0 Å². The molecule has 1 aromatic carbocycles. The van der Waals surface area contributed by atoms with Crippen LogP contribution in [0, 0.1) is 5.82 Å². The topological polar surface area (TPSA) is 40.1 Å². The first kappa shape index (κ1) is 7.02. The molecule has 3 heteroatoms. The molecule has 1 radical (unpaired) electrons. The van der Waals surface area contributed by atoms with Gasteiger partial charge in [-0.25, -0.2) is 9.50 Å². The molecule has 0 aromatic heterocycles. The van der Waals surface area contributed by atoms with Crippen molar-refractivity contribution >= 4 is 0 Å². The van der Waals surface area contributed by atoms with Crippen LogP contribution in [0.4, 0.5) is 4.39 Å². The number of hydrogen-bond donors (Lipinski definition) is 1. The minimum Gasteiger partial charge on any atom is -0.505 e. The van der Waals surface area contributed by atoms with Crippen molar-refractivity contribution in [2.75, 3.05) is 0 Å². The Balaban J connectivity index is 3.14. The first-order valence-electron chi connectivity index (χ1n) is 2.80. The maximum absolute atomic E-state index is 12.4. The molecular weight excluding hydrogens is 135 g/mol. The summed E-state index contributed by atoms with van der Waals surface area (Å²) in [6.45, 7) is -0.594. The molecule has 0 aliphatic carbocycles. The molecule has 0 atom stereocenters. The highest BCUT2D eigenvalue weighted by molar-refractivity contribution is 5.32. The van der Waals surface area contributed by atoms with Crippen LogP contribution in [0.15, 0.2) is 18.2 Å². The average molecular weight is 141 g/mol. The Morgan fingerprint density at radius 1 is 1.50 bits per heavy atom. The maximum atomic E-state index is 12.4. The SMILES string of the molecule is [O]Cc1cccc(F)c1O. The van der Waals surface area contributed by atoms with Gasteiger partial charge < -0.3 is 5.11 Å². The normalized spacial score (nSPS) is 9.80. The van der Waals surface area contributed by atoms with E-state index in [2.05, 4.69) is 0 Å². The van der Waals surface area contributed by atoms with Crippen LogP contribution in [-0.4, -0.2) is 5.11 Å². The lowest BCUT2D eigenvalue weighted by atomic mass is 10.2. The van der Waals surface area contributed by atoms with Crippen molar-refractivity contribution in [2.24, 2.45) is 0 Å². The number of aromatic hydroxyl groups is 1. The second kappa shape index (κ2) is 2.66. The Kier molecular flexibility index (Phi) is 1.87. The highest BCUT2D eigenvalue weighted by Crippen LogP contribution is 2.19. The molecule has 2 nitrogen and oxygen atoms in total. The molecule has 0 bridgehead atoms. The minimum atomic E-state index is -0.742. The monoisotopic (exact) mass is 141 g/mol. The van der Waals surface area contributed by atoms with Crippen LogP contribution in [0.2, 0.25) is 0 Å². The van der Waals surface area contributed by atoms with Crippen molar-refractivity contribution in [3.63, 3.8) is 0 Å². The Labute approximate surface area is 57.6 Å². The molecule has 0 saturated heterocycles. The van der Waals surface area contributed by atoms with E-state index in [0.29, 0.717) is 0 Å². The van der Waals surface area contributed by atoms with Crippen molar-refractivity contribution in [2.45, 2.75) is 6.61 Å². The Hall–Kier alpha value is -1.09. The fourth-order valence-corrected chi connectivity index (χ4v) is 0.676. The summed E-state index contributed by atoms with van der Waals surface area (Å²) < 4.78 is 12.4. The zero-order valence-electron chi connectivity index (χ0n) is 5.17. The van der Waals surface area contributed by atoms with Crippen molar-refractivity contribution in [3.05, 3.63) is 29.6 Å². The second-order valence-electron chi connectivity index (χ2n) is 1.89. The van der Waals surface area contributed by atoms with E-state index in [-0.39, 0.29) is 5.56 Å². The molecule has 0 saturated carbocycles. The average Bonchev–Trinajstić information content (AvgIpc) is 1.95. The Morgan fingerprint density at radius 2 is 2.20 bits per heavy atom. The number of benzene rings is 1. The molecule has 0 heterocycles. The van der Waals surface area contributed by atoms with E-state index in [0.717, 1.165) is 6.07 Å². The minimum absolute atomic E-state index is 0.0972. The summed E-state index contributed by atoms with van der Waals surface area (Å²) in [5.74, 6) is -1.27. The molecule has 0 amide bonds. The third-order valence-electron chi connectivity index (χ3n) is 1.23. The first-order chi connectivity index (χ1) is 4.75. The van der Waals surface area contributed by atoms with Crippen LogP contribution in [0.1, 0.15) is 5.56 Å². The zero-order chi connectivity index (χ0) is 7.56. The van der Waals surface area contributed by atoms with Gasteiger partial charge >= 0.3 is 0 Å². The van der Waals surface area contributed by atoms with Crippen LogP contribution < -0.4 is 0 Å². The third kappa shape index (κ3) is 1.09. The van der Waals surface area contributed by atoms with Crippen molar-refractivity contribution < 1.29 is 14.6 Å². The van der Waals surface area contributed by atoms with E-state index in [9.17, 15) is 9.50 Å². The van der Waals surface area contributed by atoms with Crippen LogP contribution in [-0.2, 0) is 11.7 Å². The highest BCUT2D eigenvalue weighted by Gasteiger charge is 2.03. The number of para-hydroxylation sites is 1. The predicted octanol–water partition coefficient (Wildman–Crippen LogP) is 1.46.